The molecule has 1 unspecified atom stereocenters. The predicted molar refractivity (Wildman–Crippen MR) is 143 cm³/mol. The second-order valence-corrected chi connectivity index (χ2v) is 9.51. The van der Waals surface area contributed by atoms with Gasteiger partial charge < -0.3 is 19.9 Å². The van der Waals surface area contributed by atoms with Crippen molar-refractivity contribution in [2.45, 2.75) is 51.8 Å². The van der Waals surface area contributed by atoms with E-state index in [1.54, 1.807) is 17.0 Å². The third kappa shape index (κ3) is 7.82. The number of carbonyl (C=O) groups is 1. The van der Waals surface area contributed by atoms with Crippen molar-refractivity contribution in [3.63, 3.8) is 0 Å². The number of piperidine rings is 1. The van der Waals surface area contributed by atoms with Crippen LogP contribution in [0.15, 0.2) is 78.9 Å². The highest BCUT2D eigenvalue weighted by atomic mass is 19.1. The molecule has 1 saturated heterocycles. The highest BCUT2D eigenvalue weighted by molar-refractivity contribution is 5.89. The average molecular weight is 490 g/mol. The van der Waals surface area contributed by atoms with Gasteiger partial charge in [-0.2, -0.15) is 0 Å². The molecule has 1 atom stereocenters. The standard InChI is InChI=1S/C30H36FN3O2/c1-24-9-5-6-18-33(24)19-8-20-34(30(35)32-28-13-7-12-27(31)21-28)22-25-14-16-29(17-15-25)36-23-26-10-3-2-4-11-26/h2-4,7,10-17,21,24H,5-6,8-9,18-20,22-23H2,1H3,(H,32,35). The summed E-state index contributed by atoms with van der Waals surface area (Å²) in [6, 6.07) is 24.3. The van der Waals surface area contributed by atoms with E-state index in [1.807, 2.05) is 54.6 Å². The number of ether oxygens (including phenoxy) is 1. The fourth-order valence-corrected chi connectivity index (χ4v) is 4.63. The van der Waals surface area contributed by atoms with Gasteiger partial charge in [-0.1, -0.05) is 55.0 Å². The molecule has 0 aromatic heterocycles. The van der Waals surface area contributed by atoms with Gasteiger partial charge in [0.05, 0.1) is 0 Å². The molecule has 0 spiro atoms. The summed E-state index contributed by atoms with van der Waals surface area (Å²) in [6.07, 6.45) is 4.67. The van der Waals surface area contributed by atoms with Crippen LogP contribution in [0.5, 0.6) is 5.75 Å². The zero-order valence-corrected chi connectivity index (χ0v) is 21.0. The van der Waals surface area contributed by atoms with Gasteiger partial charge in [-0.25, -0.2) is 9.18 Å². The average Bonchev–Trinajstić information content (AvgIpc) is 2.89. The van der Waals surface area contributed by atoms with Gasteiger partial charge in [0, 0.05) is 31.4 Å². The third-order valence-corrected chi connectivity index (χ3v) is 6.72. The lowest BCUT2D eigenvalue weighted by atomic mass is 10.0. The Morgan fingerprint density at radius 2 is 1.83 bits per heavy atom. The van der Waals surface area contributed by atoms with E-state index in [4.69, 9.17) is 4.74 Å². The number of nitrogens with zero attached hydrogens (tertiary/aromatic N) is 2. The van der Waals surface area contributed by atoms with Gasteiger partial charge in [0.25, 0.3) is 0 Å². The molecule has 1 aliphatic rings. The lowest BCUT2D eigenvalue weighted by molar-refractivity contribution is 0.150. The molecule has 5 nitrogen and oxygen atoms in total. The van der Waals surface area contributed by atoms with E-state index >= 15 is 0 Å². The molecular weight excluding hydrogens is 453 g/mol. The second kappa shape index (κ2) is 13.1. The van der Waals surface area contributed by atoms with Crippen molar-refractivity contribution in [2.24, 2.45) is 0 Å². The van der Waals surface area contributed by atoms with Crippen LogP contribution in [-0.2, 0) is 13.2 Å². The Hall–Kier alpha value is -3.38. The fraction of sp³-hybridized carbons (Fsp3) is 0.367. The van der Waals surface area contributed by atoms with Crippen LogP contribution in [0.2, 0.25) is 0 Å². The summed E-state index contributed by atoms with van der Waals surface area (Å²) in [6.45, 7) is 5.98. The molecule has 0 aliphatic carbocycles. The summed E-state index contributed by atoms with van der Waals surface area (Å²) in [5.41, 5.74) is 2.59. The maximum absolute atomic E-state index is 13.6. The number of likely N-dealkylation sites (tertiary alicyclic amines) is 1. The molecule has 3 aromatic carbocycles. The molecule has 4 rings (SSSR count). The Kier molecular flexibility index (Phi) is 9.33. The smallest absolute Gasteiger partial charge is 0.322 e. The van der Waals surface area contributed by atoms with Gasteiger partial charge in [0.2, 0.25) is 0 Å². The highest BCUT2D eigenvalue weighted by Gasteiger charge is 2.19. The summed E-state index contributed by atoms with van der Waals surface area (Å²) < 4.78 is 19.5. The van der Waals surface area contributed by atoms with Crippen LogP contribution in [0.3, 0.4) is 0 Å². The molecule has 0 saturated carbocycles. The van der Waals surface area contributed by atoms with Crippen LogP contribution >= 0.6 is 0 Å². The van der Waals surface area contributed by atoms with Gasteiger partial charge in [-0.15, -0.1) is 0 Å². The molecule has 1 heterocycles. The Balaban J connectivity index is 1.37. The van der Waals surface area contributed by atoms with E-state index in [-0.39, 0.29) is 11.8 Å². The zero-order chi connectivity index (χ0) is 25.2. The molecule has 1 aliphatic heterocycles. The lowest BCUT2D eigenvalue weighted by Crippen LogP contribution is -2.40. The molecule has 2 amide bonds. The van der Waals surface area contributed by atoms with Gasteiger partial charge in [-0.3, -0.25) is 0 Å². The summed E-state index contributed by atoms with van der Waals surface area (Å²) in [4.78, 5) is 17.5. The molecule has 1 N–H and O–H groups in total. The molecule has 0 bridgehead atoms. The van der Waals surface area contributed by atoms with Crippen molar-refractivity contribution in [1.29, 1.82) is 0 Å². The van der Waals surface area contributed by atoms with Crippen molar-refractivity contribution in [2.75, 3.05) is 25.0 Å². The van der Waals surface area contributed by atoms with Gasteiger partial charge in [0.15, 0.2) is 0 Å². The van der Waals surface area contributed by atoms with E-state index in [1.165, 1.54) is 31.4 Å². The van der Waals surface area contributed by atoms with Crippen LogP contribution < -0.4 is 10.1 Å². The van der Waals surface area contributed by atoms with E-state index < -0.39 is 0 Å². The first kappa shape index (κ1) is 25.7. The largest absolute Gasteiger partial charge is 0.489 e. The van der Waals surface area contributed by atoms with E-state index in [9.17, 15) is 9.18 Å². The van der Waals surface area contributed by atoms with Crippen LogP contribution in [-0.4, -0.2) is 41.5 Å². The summed E-state index contributed by atoms with van der Waals surface area (Å²) in [5.74, 6) is 0.418. The fourth-order valence-electron chi connectivity index (χ4n) is 4.63. The van der Waals surface area contributed by atoms with Crippen LogP contribution in [0.4, 0.5) is 14.9 Å². The van der Waals surface area contributed by atoms with Crippen molar-refractivity contribution in [3.8, 4) is 5.75 Å². The number of nitrogens with one attached hydrogen (secondary N) is 1. The third-order valence-electron chi connectivity index (χ3n) is 6.72. The number of carbonyl (C=O) groups excluding carboxylic acids is 1. The number of hydrogen-bond donors (Lipinski definition) is 1. The number of anilines is 1. The first-order chi connectivity index (χ1) is 17.6. The Labute approximate surface area is 213 Å². The summed E-state index contributed by atoms with van der Waals surface area (Å²) in [7, 11) is 0. The van der Waals surface area contributed by atoms with Crippen LogP contribution in [0.1, 0.15) is 43.7 Å². The maximum atomic E-state index is 13.6. The van der Waals surface area contributed by atoms with E-state index in [2.05, 4.69) is 17.1 Å². The maximum Gasteiger partial charge on any atom is 0.322 e. The van der Waals surface area contributed by atoms with E-state index in [0.29, 0.717) is 31.4 Å². The molecule has 1 fully saturated rings. The number of benzene rings is 3. The molecule has 36 heavy (non-hydrogen) atoms. The monoisotopic (exact) mass is 489 g/mol. The lowest BCUT2D eigenvalue weighted by Gasteiger charge is -2.34. The SMILES string of the molecule is CC1CCCCN1CCCN(Cc1ccc(OCc2ccccc2)cc1)C(=O)Nc1cccc(F)c1. The van der Waals surface area contributed by atoms with Crippen molar-refractivity contribution < 1.29 is 13.9 Å². The van der Waals surface area contributed by atoms with E-state index in [0.717, 1.165) is 36.4 Å². The first-order valence-corrected chi connectivity index (χ1v) is 12.9. The van der Waals surface area contributed by atoms with Gasteiger partial charge in [-0.05, 0) is 74.2 Å². The van der Waals surface area contributed by atoms with Crippen LogP contribution in [0, 0.1) is 5.82 Å². The minimum Gasteiger partial charge on any atom is -0.489 e. The zero-order valence-electron chi connectivity index (χ0n) is 21.0. The Morgan fingerprint density at radius 3 is 2.58 bits per heavy atom. The summed E-state index contributed by atoms with van der Waals surface area (Å²) >= 11 is 0. The number of rotatable bonds is 10. The first-order valence-electron chi connectivity index (χ1n) is 12.9. The quantitative estimate of drug-likeness (QED) is 0.345. The Morgan fingerprint density at radius 1 is 1.03 bits per heavy atom. The minimum atomic E-state index is -0.371. The molecule has 190 valence electrons. The topological polar surface area (TPSA) is 44.8 Å². The second-order valence-electron chi connectivity index (χ2n) is 9.51. The number of hydrogen-bond acceptors (Lipinski definition) is 3. The predicted octanol–water partition coefficient (Wildman–Crippen LogP) is 6.70. The van der Waals surface area contributed by atoms with Crippen molar-refractivity contribution >= 4 is 11.7 Å². The normalized spacial score (nSPS) is 15.9. The molecule has 3 aromatic rings. The number of amides is 2. The molecular formula is C30H36FN3O2. The highest BCUT2D eigenvalue weighted by Crippen LogP contribution is 2.19. The Bertz CT molecular complexity index is 1090. The minimum absolute atomic E-state index is 0.225. The molecule has 0 radical (unpaired) electrons. The number of halogens is 1. The number of urea groups is 1. The van der Waals surface area contributed by atoms with Crippen molar-refractivity contribution in [1.82, 2.24) is 9.80 Å². The molecule has 6 heteroatoms. The van der Waals surface area contributed by atoms with Crippen LogP contribution in [0.25, 0.3) is 0 Å². The summed E-state index contributed by atoms with van der Waals surface area (Å²) in [5, 5.41) is 2.86. The van der Waals surface area contributed by atoms with Gasteiger partial charge in [0.1, 0.15) is 18.2 Å². The van der Waals surface area contributed by atoms with Gasteiger partial charge >= 0.3 is 6.03 Å². The van der Waals surface area contributed by atoms with Crippen molar-refractivity contribution in [3.05, 3.63) is 95.8 Å².